The molecule has 0 heterocycles. The van der Waals surface area contributed by atoms with Crippen LogP contribution in [0, 0.1) is 16.0 Å². The summed E-state index contributed by atoms with van der Waals surface area (Å²) in [5.74, 6) is 1.12. The van der Waals surface area contributed by atoms with Gasteiger partial charge in [0.05, 0.1) is 30.6 Å². The Morgan fingerprint density at radius 2 is 1.72 bits per heavy atom. The van der Waals surface area contributed by atoms with Crippen molar-refractivity contribution in [2.45, 2.75) is 40.2 Å². The highest BCUT2D eigenvalue weighted by molar-refractivity contribution is 5.80. The Kier molecular flexibility index (Phi) is 8.00. The molecule has 29 heavy (non-hydrogen) atoms. The molecule has 0 bridgehead atoms. The van der Waals surface area contributed by atoms with E-state index < -0.39 is 4.92 Å². The van der Waals surface area contributed by atoms with Gasteiger partial charge in [-0.05, 0) is 37.5 Å². The van der Waals surface area contributed by atoms with Gasteiger partial charge in [0.15, 0.2) is 11.5 Å². The number of hydrogen-bond acceptors (Lipinski definition) is 5. The first-order valence-electron chi connectivity index (χ1n) is 9.78. The van der Waals surface area contributed by atoms with Crippen LogP contribution in [0.4, 0.5) is 5.69 Å². The zero-order chi connectivity index (χ0) is 21.4. The van der Waals surface area contributed by atoms with Gasteiger partial charge < -0.3 is 14.8 Å². The molecule has 1 N–H and O–H groups in total. The van der Waals surface area contributed by atoms with Crippen LogP contribution in [0.25, 0.3) is 0 Å². The van der Waals surface area contributed by atoms with E-state index in [0.29, 0.717) is 30.3 Å². The van der Waals surface area contributed by atoms with Crippen LogP contribution in [0.1, 0.15) is 44.9 Å². The average Bonchev–Trinajstić information content (AvgIpc) is 2.68. The zero-order valence-electron chi connectivity index (χ0n) is 17.3. The van der Waals surface area contributed by atoms with E-state index in [1.807, 2.05) is 45.9 Å². The van der Waals surface area contributed by atoms with Crippen molar-refractivity contribution >= 4 is 11.6 Å². The fraction of sp³-hybridized carbons (Fsp3) is 0.409. The van der Waals surface area contributed by atoms with Crippen LogP contribution in [0.3, 0.4) is 0 Å². The van der Waals surface area contributed by atoms with Crippen molar-refractivity contribution in [3.05, 3.63) is 63.7 Å². The molecule has 1 unspecified atom stereocenters. The predicted octanol–water partition coefficient (Wildman–Crippen LogP) is 4.45. The molecule has 7 nitrogen and oxygen atoms in total. The van der Waals surface area contributed by atoms with Crippen molar-refractivity contribution in [1.82, 2.24) is 5.32 Å². The summed E-state index contributed by atoms with van der Waals surface area (Å²) >= 11 is 0. The quantitative estimate of drug-likeness (QED) is 0.470. The zero-order valence-corrected chi connectivity index (χ0v) is 17.3. The van der Waals surface area contributed by atoms with Gasteiger partial charge >= 0.3 is 0 Å². The highest BCUT2D eigenvalue weighted by Crippen LogP contribution is 2.33. The van der Waals surface area contributed by atoms with Gasteiger partial charge in [0.2, 0.25) is 5.91 Å². The predicted molar refractivity (Wildman–Crippen MR) is 111 cm³/mol. The van der Waals surface area contributed by atoms with Crippen LogP contribution >= 0.6 is 0 Å². The molecule has 0 aliphatic heterocycles. The topological polar surface area (TPSA) is 90.7 Å². The van der Waals surface area contributed by atoms with Crippen molar-refractivity contribution in [3.8, 4) is 11.5 Å². The number of rotatable bonds is 10. The highest BCUT2D eigenvalue weighted by Gasteiger charge is 2.22. The first kappa shape index (κ1) is 22.2. The van der Waals surface area contributed by atoms with E-state index in [4.69, 9.17) is 9.47 Å². The SMILES string of the molecule is CCOc1ccc(C(NC(=O)Cc2ccccc2[N+](=O)[O-])C(C)C)cc1OCC. The van der Waals surface area contributed by atoms with Crippen molar-refractivity contribution in [3.63, 3.8) is 0 Å². The number of ether oxygens (including phenoxy) is 2. The van der Waals surface area contributed by atoms with Crippen LogP contribution < -0.4 is 14.8 Å². The molecule has 156 valence electrons. The van der Waals surface area contributed by atoms with E-state index in [1.165, 1.54) is 6.07 Å². The highest BCUT2D eigenvalue weighted by atomic mass is 16.6. The van der Waals surface area contributed by atoms with Gasteiger partial charge in [-0.3, -0.25) is 14.9 Å². The second-order valence-corrected chi connectivity index (χ2v) is 6.92. The second-order valence-electron chi connectivity index (χ2n) is 6.92. The van der Waals surface area contributed by atoms with Crippen LogP contribution in [0.15, 0.2) is 42.5 Å². The van der Waals surface area contributed by atoms with Crippen molar-refractivity contribution in [1.29, 1.82) is 0 Å². The summed E-state index contributed by atoms with van der Waals surface area (Å²) in [6.07, 6.45) is -0.0598. The minimum absolute atomic E-state index is 0.0524. The minimum Gasteiger partial charge on any atom is -0.490 e. The largest absolute Gasteiger partial charge is 0.490 e. The van der Waals surface area contributed by atoms with Gasteiger partial charge in [0, 0.05) is 11.6 Å². The average molecular weight is 400 g/mol. The molecule has 0 aromatic heterocycles. The van der Waals surface area contributed by atoms with Crippen molar-refractivity contribution < 1.29 is 19.2 Å². The number of para-hydroxylation sites is 1. The Balaban J connectivity index is 2.23. The summed E-state index contributed by atoms with van der Waals surface area (Å²) in [6.45, 7) is 8.85. The number of hydrogen-bond donors (Lipinski definition) is 1. The summed E-state index contributed by atoms with van der Waals surface area (Å²) in [6, 6.07) is 11.7. The second kappa shape index (κ2) is 10.5. The maximum atomic E-state index is 12.7. The molecule has 0 aliphatic carbocycles. The summed E-state index contributed by atoms with van der Waals surface area (Å²) in [7, 11) is 0. The lowest BCUT2D eigenvalue weighted by Crippen LogP contribution is -2.33. The number of carbonyl (C=O) groups excluding carboxylic acids is 1. The molecule has 0 aliphatic rings. The Hall–Kier alpha value is -3.09. The maximum absolute atomic E-state index is 12.7. The van der Waals surface area contributed by atoms with Gasteiger partial charge in [-0.1, -0.05) is 38.1 Å². The van der Waals surface area contributed by atoms with Gasteiger partial charge in [0.1, 0.15) is 0 Å². The van der Waals surface area contributed by atoms with Gasteiger partial charge in [-0.15, -0.1) is 0 Å². The van der Waals surface area contributed by atoms with E-state index in [2.05, 4.69) is 5.32 Å². The lowest BCUT2D eigenvalue weighted by Gasteiger charge is -2.24. The molecule has 2 rings (SSSR count). The number of nitro benzene ring substituents is 1. The van der Waals surface area contributed by atoms with Crippen LogP contribution in [0.2, 0.25) is 0 Å². The van der Waals surface area contributed by atoms with Gasteiger partial charge in [0.25, 0.3) is 5.69 Å². The third-order valence-electron chi connectivity index (χ3n) is 4.45. The molecule has 7 heteroatoms. The van der Waals surface area contributed by atoms with Crippen LogP contribution in [-0.4, -0.2) is 24.0 Å². The van der Waals surface area contributed by atoms with Crippen LogP contribution in [-0.2, 0) is 11.2 Å². The Morgan fingerprint density at radius 3 is 2.34 bits per heavy atom. The molecule has 0 saturated carbocycles. The molecule has 1 atom stereocenters. The molecule has 1 amide bonds. The maximum Gasteiger partial charge on any atom is 0.273 e. The summed E-state index contributed by atoms with van der Waals surface area (Å²) in [5, 5.41) is 14.2. The first-order valence-corrected chi connectivity index (χ1v) is 9.78. The number of nitro groups is 1. The molecule has 0 saturated heterocycles. The lowest BCUT2D eigenvalue weighted by molar-refractivity contribution is -0.385. The van der Waals surface area contributed by atoms with E-state index in [1.54, 1.807) is 18.2 Å². The smallest absolute Gasteiger partial charge is 0.273 e. The van der Waals surface area contributed by atoms with Crippen molar-refractivity contribution in [2.24, 2.45) is 5.92 Å². The Bertz CT molecular complexity index is 851. The standard InChI is InChI=1S/C22H28N2O5/c1-5-28-19-12-11-17(13-20(19)29-6-2)22(15(3)4)23-21(25)14-16-9-7-8-10-18(16)24(26)27/h7-13,15,22H,5-6,14H2,1-4H3,(H,23,25). The summed E-state index contributed by atoms with van der Waals surface area (Å²) in [4.78, 5) is 23.4. The fourth-order valence-electron chi connectivity index (χ4n) is 3.13. The molecule has 0 fully saturated rings. The van der Waals surface area contributed by atoms with Gasteiger partial charge in [-0.2, -0.15) is 0 Å². The molecule has 2 aromatic carbocycles. The van der Waals surface area contributed by atoms with Crippen LogP contribution in [0.5, 0.6) is 11.5 Å². The summed E-state index contributed by atoms with van der Waals surface area (Å²) < 4.78 is 11.3. The Morgan fingerprint density at radius 1 is 1.07 bits per heavy atom. The summed E-state index contributed by atoms with van der Waals surface area (Å²) in [5.41, 5.74) is 1.23. The monoisotopic (exact) mass is 400 g/mol. The third kappa shape index (κ3) is 5.94. The molecule has 0 spiro atoms. The number of amides is 1. The normalized spacial score (nSPS) is 11.8. The molecular weight excluding hydrogens is 372 g/mol. The number of nitrogens with zero attached hydrogens (tertiary/aromatic N) is 1. The molecule has 0 radical (unpaired) electrons. The fourth-order valence-corrected chi connectivity index (χ4v) is 3.13. The molecular formula is C22H28N2O5. The third-order valence-corrected chi connectivity index (χ3v) is 4.45. The molecule has 2 aromatic rings. The van der Waals surface area contributed by atoms with E-state index >= 15 is 0 Å². The lowest BCUT2D eigenvalue weighted by atomic mass is 9.95. The number of carbonyl (C=O) groups is 1. The number of nitrogens with one attached hydrogen (secondary N) is 1. The Labute approximate surface area is 171 Å². The van der Waals surface area contributed by atoms with Crippen molar-refractivity contribution in [2.75, 3.05) is 13.2 Å². The van der Waals surface area contributed by atoms with E-state index in [9.17, 15) is 14.9 Å². The first-order chi connectivity index (χ1) is 13.9. The van der Waals surface area contributed by atoms with E-state index in [-0.39, 0.29) is 30.0 Å². The van der Waals surface area contributed by atoms with Gasteiger partial charge in [-0.25, -0.2) is 0 Å². The number of benzene rings is 2. The minimum atomic E-state index is -0.469. The van der Waals surface area contributed by atoms with E-state index in [0.717, 1.165) is 5.56 Å².